The largest absolute Gasteiger partial charge is 0.503 e. The molecule has 0 saturated carbocycles. The number of aromatic hydroxyl groups is 1. The molecular formula is C13H12ClF2NOS. The molecule has 0 aliphatic heterocycles. The van der Waals surface area contributed by atoms with Crippen LogP contribution >= 0.6 is 22.9 Å². The first kappa shape index (κ1) is 14.2. The molecule has 2 N–H and O–H groups in total. The van der Waals surface area contributed by atoms with Crippen molar-refractivity contribution in [1.29, 1.82) is 0 Å². The molecule has 0 fully saturated rings. The van der Waals surface area contributed by atoms with Gasteiger partial charge in [0.25, 0.3) is 0 Å². The number of phenolic OH excluding ortho intramolecular Hbond substituents is 1. The Kier molecular flexibility index (Phi) is 4.39. The lowest BCUT2D eigenvalue weighted by molar-refractivity contribution is 0.394. The second-order valence-electron chi connectivity index (χ2n) is 4.15. The van der Waals surface area contributed by atoms with Gasteiger partial charge in [0.15, 0.2) is 17.4 Å². The number of benzene rings is 1. The van der Waals surface area contributed by atoms with Gasteiger partial charge in [-0.1, -0.05) is 11.6 Å². The molecule has 1 aromatic heterocycles. The number of hydrogen-bond acceptors (Lipinski definition) is 3. The van der Waals surface area contributed by atoms with E-state index in [4.69, 9.17) is 16.7 Å². The molecule has 1 atom stereocenters. The summed E-state index contributed by atoms with van der Waals surface area (Å²) in [6.07, 6.45) is 0. The second-order valence-corrected chi connectivity index (χ2v) is 5.90. The van der Waals surface area contributed by atoms with Crippen molar-refractivity contribution in [1.82, 2.24) is 5.32 Å². The van der Waals surface area contributed by atoms with Crippen LogP contribution in [0.3, 0.4) is 0 Å². The van der Waals surface area contributed by atoms with Crippen LogP contribution in [0.15, 0.2) is 24.3 Å². The predicted molar refractivity (Wildman–Crippen MR) is 72.6 cm³/mol. The Hall–Kier alpha value is -1.17. The Morgan fingerprint density at radius 3 is 2.47 bits per heavy atom. The van der Waals surface area contributed by atoms with Crippen LogP contribution in [-0.2, 0) is 6.54 Å². The van der Waals surface area contributed by atoms with Crippen molar-refractivity contribution in [3.63, 3.8) is 0 Å². The predicted octanol–water partition coefficient (Wildman–Crippen LogP) is 4.24. The minimum atomic E-state index is -0.955. The highest BCUT2D eigenvalue weighted by atomic mass is 35.5. The maximum absolute atomic E-state index is 13.2. The highest BCUT2D eigenvalue weighted by Crippen LogP contribution is 2.27. The average molecular weight is 304 g/mol. The third kappa shape index (κ3) is 3.43. The van der Waals surface area contributed by atoms with Crippen LogP contribution in [0.2, 0.25) is 4.34 Å². The summed E-state index contributed by atoms with van der Waals surface area (Å²) in [5.74, 6) is -2.85. The molecule has 1 heterocycles. The van der Waals surface area contributed by atoms with E-state index in [2.05, 4.69) is 5.32 Å². The molecule has 0 spiro atoms. The molecule has 0 radical (unpaired) electrons. The van der Waals surface area contributed by atoms with Crippen molar-refractivity contribution >= 4 is 22.9 Å². The molecule has 0 bridgehead atoms. The molecule has 102 valence electrons. The number of hydrogen-bond donors (Lipinski definition) is 2. The minimum absolute atomic E-state index is 0.0254. The van der Waals surface area contributed by atoms with E-state index in [1.165, 1.54) is 11.3 Å². The van der Waals surface area contributed by atoms with E-state index in [1.54, 1.807) is 6.07 Å². The Morgan fingerprint density at radius 2 is 1.95 bits per heavy atom. The van der Waals surface area contributed by atoms with Crippen LogP contribution in [0.5, 0.6) is 5.75 Å². The van der Waals surface area contributed by atoms with Crippen LogP contribution < -0.4 is 5.32 Å². The average Bonchev–Trinajstić information content (AvgIpc) is 2.79. The summed E-state index contributed by atoms with van der Waals surface area (Å²) in [6.45, 7) is 2.24. The maximum Gasteiger partial charge on any atom is 0.187 e. The zero-order chi connectivity index (χ0) is 14.0. The fraction of sp³-hybridized carbons (Fsp3) is 0.231. The van der Waals surface area contributed by atoms with E-state index in [1.807, 2.05) is 13.0 Å². The summed E-state index contributed by atoms with van der Waals surface area (Å²) in [4.78, 5) is 1.05. The SMILES string of the molecule is CC(NCc1cc(F)c(O)c(F)c1)c1ccc(Cl)s1. The zero-order valence-corrected chi connectivity index (χ0v) is 11.7. The van der Waals surface area contributed by atoms with E-state index < -0.39 is 17.4 Å². The van der Waals surface area contributed by atoms with Gasteiger partial charge in [0, 0.05) is 17.5 Å². The first-order chi connectivity index (χ1) is 8.97. The van der Waals surface area contributed by atoms with Gasteiger partial charge < -0.3 is 10.4 Å². The first-order valence-electron chi connectivity index (χ1n) is 5.63. The van der Waals surface area contributed by atoms with Gasteiger partial charge in [-0.15, -0.1) is 11.3 Å². The van der Waals surface area contributed by atoms with Crippen molar-refractivity contribution < 1.29 is 13.9 Å². The maximum atomic E-state index is 13.2. The molecule has 0 saturated heterocycles. The lowest BCUT2D eigenvalue weighted by atomic mass is 10.2. The first-order valence-corrected chi connectivity index (χ1v) is 6.82. The number of phenols is 1. The van der Waals surface area contributed by atoms with Crippen molar-refractivity contribution in [2.24, 2.45) is 0 Å². The smallest absolute Gasteiger partial charge is 0.187 e. The van der Waals surface area contributed by atoms with Crippen molar-refractivity contribution in [3.8, 4) is 5.75 Å². The molecule has 2 aromatic rings. The monoisotopic (exact) mass is 303 g/mol. The molecule has 1 aromatic carbocycles. The van der Waals surface area contributed by atoms with Crippen LogP contribution in [0.4, 0.5) is 8.78 Å². The standard InChI is InChI=1S/C13H12ClF2NOS/c1-7(11-2-3-12(14)19-11)17-6-8-4-9(15)13(18)10(16)5-8/h2-5,7,17-18H,6H2,1H3. The zero-order valence-electron chi connectivity index (χ0n) is 10.1. The number of nitrogens with one attached hydrogen (secondary N) is 1. The van der Waals surface area contributed by atoms with E-state index in [0.717, 1.165) is 17.0 Å². The van der Waals surface area contributed by atoms with Gasteiger partial charge >= 0.3 is 0 Å². The number of rotatable bonds is 4. The fourth-order valence-electron chi connectivity index (χ4n) is 1.65. The molecule has 2 rings (SSSR count). The van der Waals surface area contributed by atoms with E-state index in [9.17, 15) is 8.78 Å². The van der Waals surface area contributed by atoms with Crippen LogP contribution in [-0.4, -0.2) is 5.11 Å². The quantitative estimate of drug-likeness (QED) is 0.885. The van der Waals surface area contributed by atoms with Crippen LogP contribution in [0.1, 0.15) is 23.4 Å². The summed E-state index contributed by atoms with van der Waals surface area (Å²) >= 11 is 7.30. The van der Waals surface area contributed by atoms with Gasteiger partial charge in [0.05, 0.1) is 4.34 Å². The van der Waals surface area contributed by atoms with Crippen LogP contribution in [0.25, 0.3) is 0 Å². The normalized spacial score (nSPS) is 12.6. The molecule has 0 amide bonds. The topological polar surface area (TPSA) is 32.3 Å². The Balaban J connectivity index is 2.03. The number of thiophene rings is 1. The Labute approximate surface area is 118 Å². The molecule has 1 unspecified atom stereocenters. The minimum Gasteiger partial charge on any atom is -0.503 e. The van der Waals surface area contributed by atoms with Gasteiger partial charge in [-0.2, -0.15) is 0 Å². The van der Waals surface area contributed by atoms with Crippen molar-refractivity contribution in [3.05, 3.63) is 50.7 Å². The van der Waals surface area contributed by atoms with Crippen molar-refractivity contribution in [2.45, 2.75) is 19.5 Å². The van der Waals surface area contributed by atoms with E-state index in [-0.39, 0.29) is 6.04 Å². The van der Waals surface area contributed by atoms with Gasteiger partial charge in [0.2, 0.25) is 0 Å². The third-order valence-electron chi connectivity index (χ3n) is 2.71. The fourth-order valence-corrected chi connectivity index (χ4v) is 2.74. The van der Waals surface area contributed by atoms with E-state index in [0.29, 0.717) is 16.4 Å². The molecule has 19 heavy (non-hydrogen) atoms. The summed E-state index contributed by atoms with van der Waals surface area (Å²) in [5, 5.41) is 12.1. The Bertz CT molecular complexity index is 565. The lowest BCUT2D eigenvalue weighted by Crippen LogP contribution is -2.17. The molecule has 0 aliphatic carbocycles. The Morgan fingerprint density at radius 1 is 1.32 bits per heavy atom. The summed E-state index contributed by atoms with van der Waals surface area (Å²) in [6, 6.07) is 5.96. The van der Waals surface area contributed by atoms with Gasteiger partial charge in [0.1, 0.15) is 0 Å². The highest BCUT2D eigenvalue weighted by molar-refractivity contribution is 7.16. The van der Waals surface area contributed by atoms with Gasteiger partial charge in [-0.05, 0) is 36.8 Å². The summed E-state index contributed by atoms with van der Waals surface area (Å²) in [5.41, 5.74) is 0.433. The third-order valence-corrected chi connectivity index (χ3v) is 4.12. The van der Waals surface area contributed by atoms with Crippen LogP contribution in [0, 0.1) is 11.6 Å². The van der Waals surface area contributed by atoms with Crippen molar-refractivity contribution in [2.75, 3.05) is 0 Å². The van der Waals surface area contributed by atoms with Gasteiger partial charge in [-0.3, -0.25) is 0 Å². The highest BCUT2D eigenvalue weighted by Gasteiger charge is 2.11. The number of halogens is 3. The summed E-state index contributed by atoms with van der Waals surface area (Å²) < 4.78 is 27.0. The van der Waals surface area contributed by atoms with Gasteiger partial charge in [-0.25, -0.2) is 8.78 Å². The molecule has 0 aliphatic rings. The lowest BCUT2D eigenvalue weighted by Gasteiger charge is -2.12. The molecule has 2 nitrogen and oxygen atoms in total. The second kappa shape index (κ2) is 5.86. The molecule has 6 heteroatoms. The summed E-state index contributed by atoms with van der Waals surface area (Å²) in [7, 11) is 0. The van der Waals surface area contributed by atoms with E-state index >= 15 is 0 Å². The molecular weight excluding hydrogens is 292 g/mol.